The molecule has 6 nitrogen and oxygen atoms in total. The standard InChI is InChI=1S/C25H28FN5O/c1-18-15-19(10-11-21(18)26)5-2-9-25(32)31-14-4-6-20(17-31)22-7-3-8-23(29-22)30-24-16-27-12-13-28-24/h3,7-8,10-13,15-16,20H,2,4-6,9,14,17H2,1H3,(H,28,29,30)/t20-/m1/s1. The summed E-state index contributed by atoms with van der Waals surface area (Å²) in [5.74, 6) is 1.59. The fraction of sp³-hybridized carbons (Fsp3) is 0.360. The molecule has 7 heteroatoms. The maximum atomic E-state index is 13.4. The Morgan fingerprint density at radius 1 is 1.22 bits per heavy atom. The number of aryl methyl sites for hydroxylation is 2. The van der Waals surface area contributed by atoms with Gasteiger partial charge in [-0.1, -0.05) is 18.2 Å². The van der Waals surface area contributed by atoms with Crippen molar-refractivity contribution < 1.29 is 9.18 Å². The first-order valence-corrected chi connectivity index (χ1v) is 11.1. The number of nitrogens with one attached hydrogen (secondary N) is 1. The molecule has 3 aromatic rings. The molecular formula is C25H28FN5O. The molecule has 0 radical (unpaired) electrons. The minimum atomic E-state index is -0.186. The second kappa shape index (κ2) is 10.3. The summed E-state index contributed by atoms with van der Waals surface area (Å²) in [6, 6.07) is 11.1. The first-order chi connectivity index (χ1) is 15.6. The van der Waals surface area contributed by atoms with Gasteiger partial charge < -0.3 is 10.2 Å². The maximum Gasteiger partial charge on any atom is 0.222 e. The van der Waals surface area contributed by atoms with E-state index < -0.39 is 0 Å². The van der Waals surface area contributed by atoms with Crippen LogP contribution in [0.15, 0.2) is 55.0 Å². The predicted octanol–water partition coefficient (Wildman–Crippen LogP) is 4.79. The molecule has 166 valence electrons. The fourth-order valence-corrected chi connectivity index (χ4v) is 4.15. The lowest BCUT2D eigenvalue weighted by atomic mass is 9.94. The highest BCUT2D eigenvalue weighted by Gasteiger charge is 2.25. The topological polar surface area (TPSA) is 71.0 Å². The van der Waals surface area contributed by atoms with Crippen LogP contribution in [0.3, 0.4) is 0 Å². The molecule has 0 bridgehead atoms. The summed E-state index contributed by atoms with van der Waals surface area (Å²) in [6.45, 7) is 3.25. The number of benzene rings is 1. The van der Waals surface area contributed by atoms with Crippen molar-refractivity contribution in [2.75, 3.05) is 18.4 Å². The van der Waals surface area contributed by atoms with E-state index in [1.807, 2.05) is 29.2 Å². The zero-order valence-electron chi connectivity index (χ0n) is 18.3. The third-order valence-electron chi connectivity index (χ3n) is 5.86. The van der Waals surface area contributed by atoms with Crippen molar-refractivity contribution in [1.82, 2.24) is 19.9 Å². The van der Waals surface area contributed by atoms with Crippen LogP contribution in [0, 0.1) is 12.7 Å². The van der Waals surface area contributed by atoms with Crippen LogP contribution < -0.4 is 5.32 Å². The zero-order valence-corrected chi connectivity index (χ0v) is 18.3. The van der Waals surface area contributed by atoms with Gasteiger partial charge in [-0.3, -0.25) is 9.78 Å². The van der Waals surface area contributed by atoms with Gasteiger partial charge in [0.05, 0.1) is 6.20 Å². The molecule has 32 heavy (non-hydrogen) atoms. The molecule has 0 aliphatic carbocycles. The number of rotatable bonds is 7. The summed E-state index contributed by atoms with van der Waals surface area (Å²) in [7, 11) is 0. The number of anilines is 2. The second-order valence-electron chi connectivity index (χ2n) is 8.28. The van der Waals surface area contributed by atoms with Gasteiger partial charge in [0.15, 0.2) is 0 Å². The quantitative estimate of drug-likeness (QED) is 0.580. The van der Waals surface area contributed by atoms with Gasteiger partial charge in [0.1, 0.15) is 17.5 Å². The van der Waals surface area contributed by atoms with Crippen molar-refractivity contribution in [1.29, 1.82) is 0 Å². The van der Waals surface area contributed by atoms with E-state index in [0.717, 1.165) is 49.3 Å². The van der Waals surface area contributed by atoms with E-state index in [2.05, 4.69) is 15.3 Å². The molecule has 3 heterocycles. The number of nitrogens with zero attached hydrogens (tertiary/aromatic N) is 4. The number of hydrogen-bond donors (Lipinski definition) is 1. The maximum absolute atomic E-state index is 13.4. The summed E-state index contributed by atoms with van der Waals surface area (Å²) < 4.78 is 13.4. The number of amides is 1. The predicted molar refractivity (Wildman–Crippen MR) is 122 cm³/mol. The van der Waals surface area contributed by atoms with E-state index in [0.29, 0.717) is 24.3 Å². The molecule has 1 aliphatic heterocycles. The smallest absolute Gasteiger partial charge is 0.222 e. The molecule has 1 saturated heterocycles. The lowest BCUT2D eigenvalue weighted by Crippen LogP contribution is -2.39. The average Bonchev–Trinajstić information content (AvgIpc) is 2.82. The molecule has 1 aromatic carbocycles. The van der Waals surface area contributed by atoms with Crippen molar-refractivity contribution >= 4 is 17.5 Å². The number of halogens is 1. The molecule has 1 aliphatic rings. The van der Waals surface area contributed by atoms with Crippen LogP contribution >= 0.6 is 0 Å². The molecule has 0 spiro atoms. The molecule has 1 fully saturated rings. The highest BCUT2D eigenvalue weighted by Crippen LogP contribution is 2.27. The van der Waals surface area contributed by atoms with Crippen LogP contribution in [-0.4, -0.2) is 38.8 Å². The van der Waals surface area contributed by atoms with Gasteiger partial charge in [-0.25, -0.2) is 14.4 Å². The molecule has 1 atom stereocenters. The van der Waals surface area contributed by atoms with Crippen LogP contribution in [0.2, 0.25) is 0 Å². The van der Waals surface area contributed by atoms with Crippen LogP contribution in [0.1, 0.15) is 48.4 Å². The highest BCUT2D eigenvalue weighted by atomic mass is 19.1. The number of pyridine rings is 1. The van der Waals surface area contributed by atoms with E-state index in [1.165, 1.54) is 6.07 Å². The SMILES string of the molecule is Cc1cc(CCCC(=O)N2CCC[C@@H](c3cccc(Nc4cnccn4)n3)C2)ccc1F. The monoisotopic (exact) mass is 433 g/mol. The fourth-order valence-electron chi connectivity index (χ4n) is 4.15. The van der Waals surface area contributed by atoms with Crippen LogP contribution in [0.25, 0.3) is 0 Å². The first kappa shape index (κ1) is 21.9. The highest BCUT2D eigenvalue weighted by molar-refractivity contribution is 5.76. The molecule has 4 rings (SSSR count). The number of aromatic nitrogens is 3. The Hall–Kier alpha value is -3.35. The normalized spacial score (nSPS) is 16.1. The van der Waals surface area contributed by atoms with E-state index in [9.17, 15) is 9.18 Å². The third kappa shape index (κ3) is 5.66. The molecule has 0 saturated carbocycles. The Kier molecular flexibility index (Phi) is 7.04. The van der Waals surface area contributed by atoms with E-state index >= 15 is 0 Å². The second-order valence-corrected chi connectivity index (χ2v) is 8.28. The molecule has 2 aromatic heterocycles. The summed E-state index contributed by atoms with van der Waals surface area (Å²) in [5, 5.41) is 3.18. The Labute approximate surface area is 187 Å². The summed E-state index contributed by atoms with van der Waals surface area (Å²) in [4.78, 5) is 27.8. The van der Waals surface area contributed by atoms with Crippen LogP contribution in [0.5, 0.6) is 0 Å². The largest absolute Gasteiger partial charge is 0.342 e. The number of piperidine rings is 1. The van der Waals surface area contributed by atoms with Gasteiger partial charge in [0.2, 0.25) is 5.91 Å². The van der Waals surface area contributed by atoms with E-state index in [-0.39, 0.29) is 17.6 Å². The Morgan fingerprint density at radius 3 is 2.94 bits per heavy atom. The van der Waals surface area contributed by atoms with Gasteiger partial charge in [-0.2, -0.15) is 0 Å². The molecular weight excluding hydrogens is 405 g/mol. The Bertz CT molecular complexity index is 1060. The van der Waals surface area contributed by atoms with E-state index in [1.54, 1.807) is 31.6 Å². The number of carbonyl (C=O) groups excluding carboxylic acids is 1. The van der Waals surface area contributed by atoms with Crippen LogP contribution in [0.4, 0.5) is 16.0 Å². The van der Waals surface area contributed by atoms with Gasteiger partial charge >= 0.3 is 0 Å². The number of hydrogen-bond acceptors (Lipinski definition) is 5. The molecule has 0 unspecified atom stereocenters. The van der Waals surface area contributed by atoms with Gasteiger partial charge in [-0.15, -0.1) is 0 Å². The lowest BCUT2D eigenvalue weighted by Gasteiger charge is -2.32. The third-order valence-corrected chi connectivity index (χ3v) is 5.86. The van der Waals surface area contributed by atoms with Crippen molar-refractivity contribution in [3.05, 3.63) is 77.6 Å². The minimum absolute atomic E-state index is 0.183. The Balaban J connectivity index is 1.32. The van der Waals surface area contributed by atoms with Crippen LogP contribution in [-0.2, 0) is 11.2 Å². The lowest BCUT2D eigenvalue weighted by molar-refractivity contribution is -0.132. The van der Waals surface area contributed by atoms with Gasteiger partial charge in [0, 0.05) is 43.5 Å². The molecule has 1 amide bonds. The van der Waals surface area contributed by atoms with Crippen molar-refractivity contribution in [3.63, 3.8) is 0 Å². The van der Waals surface area contributed by atoms with Crippen molar-refractivity contribution in [2.24, 2.45) is 0 Å². The Morgan fingerprint density at radius 2 is 2.12 bits per heavy atom. The number of carbonyl (C=O) groups is 1. The zero-order chi connectivity index (χ0) is 22.3. The summed E-state index contributed by atoms with van der Waals surface area (Å²) >= 11 is 0. The summed E-state index contributed by atoms with van der Waals surface area (Å²) in [5.41, 5.74) is 2.71. The minimum Gasteiger partial charge on any atom is -0.342 e. The summed E-state index contributed by atoms with van der Waals surface area (Å²) in [6.07, 6.45) is 8.95. The van der Waals surface area contributed by atoms with E-state index in [4.69, 9.17) is 4.98 Å². The number of likely N-dealkylation sites (tertiary alicyclic amines) is 1. The van der Waals surface area contributed by atoms with Gasteiger partial charge in [-0.05, 0) is 61.9 Å². The van der Waals surface area contributed by atoms with Crippen molar-refractivity contribution in [2.45, 2.75) is 44.9 Å². The van der Waals surface area contributed by atoms with Crippen molar-refractivity contribution in [3.8, 4) is 0 Å². The average molecular weight is 434 g/mol. The van der Waals surface area contributed by atoms with Gasteiger partial charge in [0.25, 0.3) is 0 Å². The molecule has 1 N–H and O–H groups in total. The first-order valence-electron chi connectivity index (χ1n) is 11.1.